The molecule has 86 valence electrons. The van der Waals surface area contributed by atoms with Crippen LogP contribution in [0.4, 0.5) is 0 Å². The van der Waals surface area contributed by atoms with Crippen LogP contribution in [0, 0.1) is 5.92 Å². The van der Waals surface area contributed by atoms with Crippen molar-refractivity contribution in [2.45, 2.75) is 32.7 Å². The average Bonchev–Trinajstić information content (AvgIpc) is 2.72. The molecule has 0 aromatic carbocycles. The van der Waals surface area contributed by atoms with Crippen molar-refractivity contribution in [3.05, 3.63) is 29.6 Å². The van der Waals surface area contributed by atoms with Gasteiger partial charge in [-0.05, 0) is 42.4 Å². The van der Waals surface area contributed by atoms with Crippen molar-refractivity contribution in [3.63, 3.8) is 0 Å². The van der Waals surface area contributed by atoms with Crippen molar-refractivity contribution in [2.24, 2.45) is 5.92 Å². The molecule has 2 aliphatic heterocycles. The number of aromatic nitrogens is 1. The van der Waals surface area contributed by atoms with Crippen LogP contribution in [-0.4, -0.2) is 17.7 Å². The molecule has 2 aliphatic rings. The summed E-state index contributed by atoms with van der Waals surface area (Å²) in [7, 11) is 0. The minimum absolute atomic E-state index is 0.669. The predicted octanol–water partition coefficient (Wildman–Crippen LogP) is 2.45. The highest BCUT2D eigenvalue weighted by Gasteiger charge is 2.18. The number of aryl methyl sites for hydroxylation is 1. The third-order valence-electron chi connectivity index (χ3n) is 3.75. The van der Waals surface area contributed by atoms with Crippen molar-refractivity contribution in [1.82, 2.24) is 9.88 Å². The molecule has 0 amide bonds. The summed E-state index contributed by atoms with van der Waals surface area (Å²) in [5.41, 5.74) is 4.57. The summed E-state index contributed by atoms with van der Waals surface area (Å²) in [4.78, 5) is 0. The SMILES string of the molecule is C[C@H]1C=C(c2ccn3c2CCCC3)CNC1. The lowest BCUT2D eigenvalue weighted by atomic mass is 9.95. The molecule has 2 heteroatoms. The van der Waals surface area contributed by atoms with Crippen LogP contribution >= 0.6 is 0 Å². The van der Waals surface area contributed by atoms with Gasteiger partial charge in [-0.3, -0.25) is 0 Å². The van der Waals surface area contributed by atoms with Gasteiger partial charge in [-0.25, -0.2) is 0 Å². The lowest BCUT2D eigenvalue weighted by Crippen LogP contribution is -2.27. The largest absolute Gasteiger partial charge is 0.351 e. The Bertz CT molecular complexity index is 414. The van der Waals surface area contributed by atoms with Gasteiger partial charge in [0, 0.05) is 31.5 Å². The Hall–Kier alpha value is -1.02. The molecule has 2 nitrogen and oxygen atoms in total. The van der Waals surface area contributed by atoms with Crippen LogP contribution in [0.3, 0.4) is 0 Å². The van der Waals surface area contributed by atoms with Crippen molar-refractivity contribution < 1.29 is 0 Å². The highest BCUT2D eigenvalue weighted by atomic mass is 15.0. The van der Waals surface area contributed by atoms with Crippen molar-refractivity contribution >= 4 is 5.57 Å². The minimum atomic E-state index is 0.669. The van der Waals surface area contributed by atoms with E-state index in [1.54, 1.807) is 5.69 Å². The summed E-state index contributed by atoms with van der Waals surface area (Å²) in [5.74, 6) is 0.669. The smallest absolute Gasteiger partial charge is 0.0250 e. The molecule has 1 aromatic heterocycles. The van der Waals surface area contributed by atoms with E-state index in [0.717, 1.165) is 13.1 Å². The van der Waals surface area contributed by atoms with Gasteiger partial charge in [0.1, 0.15) is 0 Å². The summed E-state index contributed by atoms with van der Waals surface area (Å²) in [6, 6.07) is 2.31. The Labute approximate surface area is 97.3 Å². The first-order valence-corrected chi connectivity index (χ1v) is 6.44. The number of nitrogens with zero attached hydrogens (tertiary/aromatic N) is 1. The first-order chi connectivity index (χ1) is 7.84. The summed E-state index contributed by atoms with van der Waals surface area (Å²) >= 11 is 0. The molecule has 0 fully saturated rings. The standard InChI is InChI=1S/C14H20N2/c1-11-8-12(10-15-9-11)13-5-7-16-6-3-2-4-14(13)16/h5,7-8,11,15H,2-4,6,9-10H2,1H3/t11-/m0/s1. The summed E-state index contributed by atoms with van der Waals surface area (Å²) in [5, 5.41) is 3.50. The zero-order chi connectivity index (χ0) is 11.0. The van der Waals surface area contributed by atoms with Gasteiger partial charge in [0.15, 0.2) is 0 Å². The number of hydrogen-bond acceptors (Lipinski definition) is 1. The highest BCUT2D eigenvalue weighted by molar-refractivity contribution is 5.70. The fourth-order valence-electron chi connectivity index (χ4n) is 2.94. The van der Waals surface area contributed by atoms with Gasteiger partial charge in [0.25, 0.3) is 0 Å². The third kappa shape index (κ3) is 1.71. The van der Waals surface area contributed by atoms with Gasteiger partial charge >= 0.3 is 0 Å². The van der Waals surface area contributed by atoms with Crippen LogP contribution in [0.1, 0.15) is 31.0 Å². The quantitative estimate of drug-likeness (QED) is 0.763. The highest BCUT2D eigenvalue weighted by Crippen LogP contribution is 2.27. The molecule has 0 saturated carbocycles. The van der Waals surface area contributed by atoms with Gasteiger partial charge in [0.05, 0.1) is 0 Å². The van der Waals surface area contributed by atoms with E-state index in [1.165, 1.54) is 36.9 Å². The second kappa shape index (κ2) is 4.10. The summed E-state index contributed by atoms with van der Waals surface area (Å²) in [6.07, 6.45) is 8.67. The summed E-state index contributed by atoms with van der Waals surface area (Å²) in [6.45, 7) is 5.67. The van der Waals surface area contributed by atoms with Gasteiger partial charge in [-0.1, -0.05) is 13.0 Å². The van der Waals surface area contributed by atoms with E-state index in [2.05, 4.69) is 35.1 Å². The van der Waals surface area contributed by atoms with Gasteiger partial charge in [-0.15, -0.1) is 0 Å². The van der Waals surface area contributed by atoms with E-state index in [4.69, 9.17) is 0 Å². The molecule has 3 heterocycles. The van der Waals surface area contributed by atoms with Crippen LogP contribution < -0.4 is 5.32 Å². The Balaban J connectivity index is 1.97. The fraction of sp³-hybridized carbons (Fsp3) is 0.571. The van der Waals surface area contributed by atoms with E-state index in [1.807, 2.05) is 0 Å². The molecule has 0 aliphatic carbocycles. The minimum Gasteiger partial charge on any atom is -0.351 e. The molecule has 0 spiro atoms. The van der Waals surface area contributed by atoms with E-state index in [-0.39, 0.29) is 0 Å². The Kier molecular flexibility index (Phi) is 2.60. The topological polar surface area (TPSA) is 17.0 Å². The Morgan fingerprint density at radius 1 is 1.38 bits per heavy atom. The molecule has 1 aromatic rings. The number of fused-ring (bicyclic) bond motifs is 1. The van der Waals surface area contributed by atoms with Gasteiger partial charge < -0.3 is 9.88 Å². The average molecular weight is 216 g/mol. The Morgan fingerprint density at radius 2 is 2.31 bits per heavy atom. The van der Waals surface area contributed by atoms with Crippen molar-refractivity contribution in [3.8, 4) is 0 Å². The summed E-state index contributed by atoms with van der Waals surface area (Å²) < 4.78 is 2.44. The lowest BCUT2D eigenvalue weighted by molar-refractivity contribution is 0.531. The second-order valence-electron chi connectivity index (χ2n) is 5.13. The fourth-order valence-corrected chi connectivity index (χ4v) is 2.94. The van der Waals surface area contributed by atoms with Crippen molar-refractivity contribution in [2.75, 3.05) is 13.1 Å². The Morgan fingerprint density at radius 3 is 3.19 bits per heavy atom. The predicted molar refractivity (Wildman–Crippen MR) is 67.4 cm³/mol. The molecule has 0 unspecified atom stereocenters. The van der Waals surface area contributed by atoms with E-state index >= 15 is 0 Å². The lowest BCUT2D eigenvalue weighted by Gasteiger charge is -2.22. The molecule has 16 heavy (non-hydrogen) atoms. The molecule has 0 saturated heterocycles. The monoisotopic (exact) mass is 216 g/mol. The second-order valence-corrected chi connectivity index (χ2v) is 5.13. The van der Waals surface area contributed by atoms with Crippen LogP contribution in [0.25, 0.3) is 5.57 Å². The molecular formula is C14H20N2. The maximum Gasteiger partial charge on any atom is 0.0250 e. The number of rotatable bonds is 1. The van der Waals surface area contributed by atoms with Gasteiger partial charge in [0.2, 0.25) is 0 Å². The maximum atomic E-state index is 3.50. The van der Waals surface area contributed by atoms with E-state index < -0.39 is 0 Å². The van der Waals surface area contributed by atoms with Crippen LogP contribution in [0.15, 0.2) is 18.3 Å². The zero-order valence-corrected chi connectivity index (χ0v) is 10.00. The maximum absolute atomic E-state index is 3.50. The molecule has 1 N–H and O–H groups in total. The molecule has 0 radical (unpaired) electrons. The van der Waals surface area contributed by atoms with Crippen molar-refractivity contribution in [1.29, 1.82) is 0 Å². The number of hydrogen-bond donors (Lipinski definition) is 1. The van der Waals surface area contributed by atoms with Crippen LogP contribution in [0.2, 0.25) is 0 Å². The zero-order valence-electron chi connectivity index (χ0n) is 10.00. The number of nitrogens with one attached hydrogen (secondary N) is 1. The molecular weight excluding hydrogens is 196 g/mol. The molecule has 3 rings (SSSR count). The first-order valence-electron chi connectivity index (χ1n) is 6.44. The van der Waals surface area contributed by atoms with E-state index in [9.17, 15) is 0 Å². The third-order valence-corrected chi connectivity index (χ3v) is 3.75. The van der Waals surface area contributed by atoms with Crippen LogP contribution in [0.5, 0.6) is 0 Å². The van der Waals surface area contributed by atoms with Gasteiger partial charge in [-0.2, -0.15) is 0 Å². The first kappa shape index (κ1) is 10.2. The van der Waals surface area contributed by atoms with Crippen LogP contribution in [-0.2, 0) is 13.0 Å². The van der Waals surface area contributed by atoms with E-state index in [0.29, 0.717) is 5.92 Å². The molecule has 1 atom stereocenters. The normalized spacial score (nSPS) is 25.1. The molecule has 0 bridgehead atoms.